The average molecular weight is 270 g/mol. The lowest BCUT2D eigenvalue weighted by molar-refractivity contribution is -0.127. The predicted octanol–water partition coefficient (Wildman–Crippen LogP) is -0.00690. The molecule has 4 N–H and O–H groups in total. The van der Waals surface area contributed by atoms with E-state index in [4.69, 9.17) is 5.84 Å². The van der Waals surface area contributed by atoms with E-state index in [-0.39, 0.29) is 17.9 Å². The Balaban J connectivity index is 2.41. The number of piperidine rings is 1. The van der Waals surface area contributed by atoms with Gasteiger partial charge in [-0.25, -0.2) is 5.84 Å². The number of hydrazine groups is 1. The Morgan fingerprint density at radius 3 is 2.47 bits per heavy atom. The molecule has 0 aliphatic carbocycles. The third-order valence-electron chi connectivity index (χ3n) is 3.74. The van der Waals surface area contributed by atoms with E-state index in [0.717, 1.165) is 45.3 Å². The van der Waals surface area contributed by atoms with Crippen LogP contribution in [-0.4, -0.2) is 42.4 Å². The lowest BCUT2D eigenvalue weighted by atomic mass is 9.94. The normalized spacial score (nSPS) is 18.9. The average Bonchev–Trinajstić information content (AvgIpc) is 2.42. The van der Waals surface area contributed by atoms with Crippen molar-refractivity contribution in [3.8, 4) is 0 Å². The lowest BCUT2D eigenvalue weighted by Gasteiger charge is -2.36. The summed E-state index contributed by atoms with van der Waals surface area (Å²) in [6, 6.07) is -0.114. The summed E-state index contributed by atoms with van der Waals surface area (Å²) in [6.07, 6.45) is 3.82. The first-order valence-electron chi connectivity index (χ1n) is 7.07. The second-order valence-electron chi connectivity index (χ2n) is 5.23. The summed E-state index contributed by atoms with van der Waals surface area (Å²) < 4.78 is 0. The topological polar surface area (TPSA) is 87.5 Å². The Hall–Kier alpha value is -1.14. The van der Waals surface area contributed by atoms with Gasteiger partial charge in [0.2, 0.25) is 5.91 Å². The molecule has 1 fully saturated rings. The largest absolute Gasteiger partial charge is 0.356 e. The van der Waals surface area contributed by atoms with Crippen LogP contribution in [0.4, 0.5) is 0 Å². The van der Waals surface area contributed by atoms with Crippen LogP contribution in [0.25, 0.3) is 0 Å². The van der Waals surface area contributed by atoms with E-state index in [1.807, 2.05) is 0 Å². The molecule has 1 atom stereocenters. The zero-order valence-corrected chi connectivity index (χ0v) is 11.9. The van der Waals surface area contributed by atoms with Gasteiger partial charge in [0.05, 0.1) is 6.04 Å². The Morgan fingerprint density at radius 2 is 2.00 bits per heavy atom. The van der Waals surface area contributed by atoms with Gasteiger partial charge in [-0.3, -0.25) is 19.9 Å². The Bertz CT molecular complexity index is 301. The fraction of sp³-hybridized carbons (Fsp3) is 0.846. The van der Waals surface area contributed by atoms with Crippen molar-refractivity contribution in [2.24, 2.45) is 11.8 Å². The minimum Gasteiger partial charge on any atom is -0.356 e. The first-order chi connectivity index (χ1) is 9.08. The number of amides is 2. The van der Waals surface area contributed by atoms with Crippen LogP contribution < -0.4 is 16.6 Å². The maximum Gasteiger partial charge on any atom is 0.251 e. The molecule has 2 amide bonds. The van der Waals surface area contributed by atoms with Crippen molar-refractivity contribution in [2.75, 3.05) is 19.6 Å². The quantitative estimate of drug-likeness (QED) is 0.360. The molecule has 0 aromatic carbocycles. The molecule has 0 aromatic rings. The summed E-state index contributed by atoms with van der Waals surface area (Å²) in [7, 11) is 0. The molecule has 0 aromatic heterocycles. The molecule has 6 nitrogen and oxygen atoms in total. The summed E-state index contributed by atoms with van der Waals surface area (Å²) in [6.45, 7) is 6.13. The molecule has 0 saturated carbocycles. The number of hydrogen-bond donors (Lipinski definition) is 3. The number of carbonyl (C=O) groups is 2. The van der Waals surface area contributed by atoms with Crippen LogP contribution in [0.15, 0.2) is 0 Å². The monoisotopic (exact) mass is 270 g/mol. The molecule has 1 aliphatic heterocycles. The SMILES string of the molecule is CCCC(C(=O)NN)N1CCC(CNC(C)=O)CC1. The summed E-state index contributed by atoms with van der Waals surface area (Å²) >= 11 is 0. The predicted molar refractivity (Wildman–Crippen MR) is 74.0 cm³/mol. The van der Waals surface area contributed by atoms with Gasteiger partial charge in [0, 0.05) is 13.5 Å². The maximum atomic E-state index is 11.8. The van der Waals surface area contributed by atoms with Crippen molar-refractivity contribution in [1.29, 1.82) is 0 Å². The highest BCUT2D eigenvalue weighted by molar-refractivity contribution is 5.81. The number of nitrogens with zero attached hydrogens (tertiary/aromatic N) is 1. The van der Waals surface area contributed by atoms with Gasteiger partial charge in [-0.2, -0.15) is 0 Å². The van der Waals surface area contributed by atoms with Crippen molar-refractivity contribution in [2.45, 2.75) is 45.6 Å². The van der Waals surface area contributed by atoms with E-state index in [2.05, 4.69) is 22.6 Å². The van der Waals surface area contributed by atoms with E-state index in [0.29, 0.717) is 5.92 Å². The van der Waals surface area contributed by atoms with Gasteiger partial charge in [0.15, 0.2) is 0 Å². The Labute approximate surface area is 115 Å². The third kappa shape index (κ3) is 5.16. The summed E-state index contributed by atoms with van der Waals surface area (Å²) in [5.41, 5.74) is 2.26. The minimum atomic E-state index is -0.114. The molecule has 1 aliphatic rings. The maximum absolute atomic E-state index is 11.8. The molecule has 0 spiro atoms. The number of nitrogens with one attached hydrogen (secondary N) is 2. The molecule has 110 valence electrons. The van der Waals surface area contributed by atoms with Gasteiger partial charge in [-0.15, -0.1) is 0 Å². The van der Waals surface area contributed by atoms with Gasteiger partial charge in [0.25, 0.3) is 5.91 Å². The minimum absolute atomic E-state index is 0.0220. The molecular weight excluding hydrogens is 244 g/mol. The van der Waals surface area contributed by atoms with Crippen LogP contribution in [0.3, 0.4) is 0 Å². The zero-order chi connectivity index (χ0) is 14.3. The number of hydrogen-bond acceptors (Lipinski definition) is 4. The van der Waals surface area contributed by atoms with Crippen LogP contribution >= 0.6 is 0 Å². The smallest absolute Gasteiger partial charge is 0.251 e. The standard InChI is InChI=1S/C13H26N4O2/c1-3-4-12(13(19)16-14)17-7-5-11(6-8-17)9-15-10(2)18/h11-12H,3-9,14H2,1-2H3,(H,15,18)(H,16,19). The van der Waals surface area contributed by atoms with Gasteiger partial charge in [-0.05, 0) is 38.3 Å². The first-order valence-corrected chi connectivity index (χ1v) is 7.07. The molecule has 1 heterocycles. The van der Waals surface area contributed by atoms with Crippen LogP contribution in [-0.2, 0) is 9.59 Å². The van der Waals surface area contributed by atoms with Crippen LogP contribution in [0.5, 0.6) is 0 Å². The highest BCUT2D eigenvalue weighted by Crippen LogP contribution is 2.20. The number of rotatable bonds is 6. The van der Waals surface area contributed by atoms with Gasteiger partial charge in [0.1, 0.15) is 0 Å². The molecule has 1 saturated heterocycles. The molecule has 0 radical (unpaired) electrons. The second-order valence-corrected chi connectivity index (χ2v) is 5.23. The van der Waals surface area contributed by atoms with Crippen molar-refractivity contribution >= 4 is 11.8 Å². The highest BCUT2D eigenvalue weighted by Gasteiger charge is 2.28. The third-order valence-corrected chi connectivity index (χ3v) is 3.74. The first kappa shape index (κ1) is 15.9. The molecule has 6 heteroatoms. The molecular formula is C13H26N4O2. The van der Waals surface area contributed by atoms with E-state index in [1.54, 1.807) is 0 Å². The molecule has 0 bridgehead atoms. The lowest BCUT2D eigenvalue weighted by Crippen LogP contribution is -2.52. The summed E-state index contributed by atoms with van der Waals surface area (Å²) in [4.78, 5) is 24.9. The fourth-order valence-corrected chi connectivity index (χ4v) is 2.61. The van der Waals surface area contributed by atoms with Crippen molar-refractivity contribution in [3.05, 3.63) is 0 Å². The van der Waals surface area contributed by atoms with Crippen molar-refractivity contribution in [1.82, 2.24) is 15.6 Å². The van der Waals surface area contributed by atoms with E-state index < -0.39 is 0 Å². The number of likely N-dealkylation sites (tertiary alicyclic amines) is 1. The van der Waals surface area contributed by atoms with Gasteiger partial charge < -0.3 is 5.32 Å². The van der Waals surface area contributed by atoms with Gasteiger partial charge >= 0.3 is 0 Å². The van der Waals surface area contributed by atoms with Crippen LogP contribution in [0.1, 0.15) is 39.5 Å². The Kier molecular flexibility index (Phi) is 6.80. The highest BCUT2D eigenvalue weighted by atomic mass is 16.2. The van der Waals surface area contributed by atoms with Gasteiger partial charge in [-0.1, -0.05) is 13.3 Å². The second kappa shape index (κ2) is 8.12. The molecule has 1 unspecified atom stereocenters. The van der Waals surface area contributed by atoms with Crippen LogP contribution in [0, 0.1) is 5.92 Å². The molecule has 1 rings (SSSR count). The zero-order valence-electron chi connectivity index (χ0n) is 11.9. The van der Waals surface area contributed by atoms with E-state index >= 15 is 0 Å². The van der Waals surface area contributed by atoms with Crippen molar-refractivity contribution in [3.63, 3.8) is 0 Å². The number of nitrogens with two attached hydrogens (primary N) is 1. The van der Waals surface area contributed by atoms with Crippen LogP contribution in [0.2, 0.25) is 0 Å². The van der Waals surface area contributed by atoms with E-state index in [9.17, 15) is 9.59 Å². The molecule has 19 heavy (non-hydrogen) atoms. The summed E-state index contributed by atoms with van der Waals surface area (Å²) in [5, 5.41) is 2.86. The van der Waals surface area contributed by atoms with E-state index in [1.165, 1.54) is 6.92 Å². The summed E-state index contributed by atoms with van der Waals surface area (Å²) in [5.74, 6) is 5.69. The number of carbonyl (C=O) groups excluding carboxylic acids is 2. The fourth-order valence-electron chi connectivity index (χ4n) is 2.61. The van der Waals surface area contributed by atoms with Crippen molar-refractivity contribution < 1.29 is 9.59 Å². The Morgan fingerprint density at radius 1 is 1.37 bits per heavy atom.